The number of hydrogen-bond donors (Lipinski definition) is 2. The van der Waals surface area contributed by atoms with Crippen LogP contribution >= 0.6 is 12.4 Å². The molecule has 0 radical (unpaired) electrons. The van der Waals surface area contributed by atoms with Gasteiger partial charge in [-0.15, -0.1) is 12.4 Å². The smallest absolute Gasteiger partial charge is 0.213 e. The maximum Gasteiger partial charge on any atom is 0.213 e. The van der Waals surface area contributed by atoms with Crippen molar-refractivity contribution >= 4 is 18.2 Å². The first kappa shape index (κ1) is 15.7. The summed E-state index contributed by atoms with van der Waals surface area (Å²) in [4.78, 5) is 4.07. The number of ether oxygens (including phenoxy) is 1. The predicted octanol–water partition coefficient (Wildman–Crippen LogP) is 2.75. The summed E-state index contributed by atoms with van der Waals surface area (Å²) in [5.41, 5.74) is 5.94. The van der Waals surface area contributed by atoms with Crippen molar-refractivity contribution in [1.82, 2.24) is 4.98 Å². The van der Waals surface area contributed by atoms with Gasteiger partial charge in [-0.2, -0.15) is 0 Å². The first-order valence-electron chi connectivity index (χ1n) is 5.67. The number of rotatable bonds is 7. The summed E-state index contributed by atoms with van der Waals surface area (Å²) in [6.07, 6.45) is 6.29. The van der Waals surface area contributed by atoms with E-state index in [2.05, 4.69) is 11.9 Å². The highest BCUT2D eigenvalue weighted by Gasteiger charge is 1.98. The number of nitrogens with one attached hydrogen (secondary N) is 1. The second kappa shape index (κ2) is 8.82. The molecule has 3 N–H and O–H groups in total. The molecule has 0 aliphatic heterocycles. The molecule has 0 aliphatic rings. The van der Waals surface area contributed by atoms with E-state index in [1.54, 1.807) is 18.3 Å². The van der Waals surface area contributed by atoms with Crippen molar-refractivity contribution in [3.63, 3.8) is 0 Å². The summed E-state index contributed by atoms with van der Waals surface area (Å²) in [6, 6.07) is 3.49. The van der Waals surface area contributed by atoms with Crippen LogP contribution in [0.5, 0.6) is 5.88 Å². The second-order valence-corrected chi connectivity index (χ2v) is 3.71. The van der Waals surface area contributed by atoms with Gasteiger partial charge in [0.1, 0.15) is 5.84 Å². The van der Waals surface area contributed by atoms with E-state index >= 15 is 0 Å². The topological polar surface area (TPSA) is 72.0 Å². The first-order chi connectivity index (χ1) is 7.74. The number of nitrogen functional groups attached to an aromatic ring is 1. The average molecular weight is 258 g/mol. The van der Waals surface area contributed by atoms with Crippen LogP contribution in [-0.2, 0) is 0 Å². The van der Waals surface area contributed by atoms with E-state index in [1.165, 1.54) is 19.3 Å². The SMILES string of the molecule is CCCCCCOc1ccc(C(=N)N)cn1.Cl. The van der Waals surface area contributed by atoms with Gasteiger partial charge in [-0.3, -0.25) is 5.41 Å². The number of pyridine rings is 1. The van der Waals surface area contributed by atoms with E-state index in [4.69, 9.17) is 15.9 Å². The third-order valence-electron chi connectivity index (χ3n) is 2.30. The molecule has 1 aromatic heterocycles. The Morgan fingerprint density at radius 3 is 2.65 bits per heavy atom. The standard InChI is InChI=1S/C12H19N3O.ClH/c1-2-3-4-5-8-16-11-7-6-10(9-15-11)12(13)14;/h6-7,9H,2-5,8H2,1H3,(H3,13,14);1H. The minimum atomic E-state index is 0. The van der Waals surface area contributed by atoms with Gasteiger partial charge >= 0.3 is 0 Å². The van der Waals surface area contributed by atoms with E-state index in [0.29, 0.717) is 18.1 Å². The molecule has 17 heavy (non-hydrogen) atoms. The molecule has 0 bridgehead atoms. The van der Waals surface area contributed by atoms with Gasteiger partial charge in [0.2, 0.25) is 5.88 Å². The van der Waals surface area contributed by atoms with Crippen LogP contribution in [0.15, 0.2) is 18.3 Å². The number of nitrogens with two attached hydrogens (primary N) is 1. The summed E-state index contributed by atoms with van der Waals surface area (Å²) in [5.74, 6) is 0.628. The largest absolute Gasteiger partial charge is 0.478 e. The van der Waals surface area contributed by atoms with Crippen molar-refractivity contribution in [2.75, 3.05) is 6.61 Å². The Balaban J connectivity index is 0.00000256. The Morgan fingerprint density at radius 1 is 1.35 bits per heavy atom. The summed E-state index contributed by atoms with van der Waals surface area (Å²) in [5, 5.41) is 7.22. The van der Waals surface area contributed by atoms with Crippen LogP contribution < -0.4 is 10.5 Å². The Labute approximate surface area is 108 Å². The quantitative estimate of drug-likeness (QED) is 0.448. The Bertz CT molecular complexity index is 327. The molecule has 5 heteroatoms. The zero-order chi connectivity index (χ0) is 11.8. The van der Waals surface area contributed by atoms with Crippen LogP contribution in [0.4, 0.5) is 0 Å². The van der Waals surface area contributed by atoms with E-state index in [0.717, 1.165) is 6.42 Å². The summed E-state index contributed by atoms with van der Waals surface area (Å²) < 4.78 is 5.46. The molecular formula is C12H20ClN3O. The molecule has 1 aromatic rings. The lowest BCUT2D eigenvalue weighted by atomic mass is 10.2. The number of aromatic nitrogens is 1. The highest BCUT2D eigenvalue weighted by molar-refractivity contribution is 5.94. The molecule has 0 fully saturated rings. The molecule has 0 amide bonds. The molecule has 1 heterocycles. The van der Waals surface area contributed by atoms with Crippen LogP contribution in [0.2, 0.25) is 0 Å². The fraction of sp³-hybridized carbons (Fsp3) is 0.500. The van der Waals surface area contributed by atoms with Crippen molar-refractivity contribution in [1.29, 1.82) is 5.41 Å². The van der Waals surface area contributed by atoms with Gasteiger partial charge < -0.3 is 10.5 Å². The number of unbranched alkanes of at least 4 members (excludes halogenated alkanes) is 3. The molecule has 0 aliphatic carbocycles. The average Bonchev–Trinajstić information content (AvgIpc) is 2.29. The normalized spacial score (nSPS) is 9.47. The fourth-order valence-electron chi connectivity index (χ4n) is 1.33. The van der Waals surface area contributed by atoms with Gasteiger partial charge in [-0.1, -0.05) is 26.2 Å². The second-order valence-electron chi connectivity index (χ2n) is 3.71. The van der Waals surface area contributed by atoms with Crippen LogP contribution in [0.25, 0.3) is 0 Å². The molecule has 0 saturated carbocycles. The van der Waals surface area contributed by atoms with E-state index < -0.39 is 0 Å². The van der Waals surface area contributed by atoms with Crippen LogP contribution in [0, 0.1) is 5.41 Å². The molecule has 0 aromatic carbocycles. The Hall–Kier alpha value is -1.29. The number of hydrogen-bond acceptors (Lipinski definition) is 3. The summed E-state index contributed by atoms with van der Waals surface area (Å²) >= 11 is 0. The van der Waals surface area contributed by atoms with Crippen molar-refractivity contribution < 1.29 is 4.74 Å². The lowest BCUT2D eigenvalue weighted by molar-refractivity contribution is 0.294. The summed E-state index contributed by atoms with van der Waals surface area (Å²) in [7, 11) is 0. The van der Waals surface area contributed by atoms with Crippen LogP contribution in [-0.4, -0.2) is 17.4 Å². The van der Waals surface area contributed by atoms with Gasteiger partial charge in [0.05, 0.1) is 6.61 Å². The molecule has 4 nitrogen and oxygen atoms in total. The van der Waals surface area contributed by atoms with Crippen molar-refractivity contribution in [2.45, 2.75) is 32.6 Å². The third-order valence-corrected chi connectivity index (χ3v) is 2.30. The molecule has 0 saturated heterocycles. The fourth-order valence-corrected chi connectivity index (χ4v) is 1.33. The van der Waals surface area contributed by atoms with E-state index in [-0.39, 0.29) is 18.2 Å². The Morgan fingerprint density at radius 2 is 2.12 bits per heavy atom. The minimum Gasteiger partial charge on any atom is -0.478 e. The molecule has 96 valence electrons. The molecule has 0 unspecified atom stereocenters. The van der Waals surface area contributed by atoms with Gasteiger partial charge in [0, 0.05) is 17.8 Å². The van der Waals surface area contributed by atoms with E-state index in [1.807, 2.05) is 0 Å². The lowest BCUT2D eigenvalue weighted by Gasteiger charge is -2.05. The van der Waals surface area contributed by atoms with Gasteiger partial charge in [-0.05, 0) is 12.5 Å². The zero-order valence-electron chi connectivity index (χ0n) is 10.1. The van der Waals surface area contributed by atoms with Gasteiger partial charge in [-0.25, -0.2) is 4.98 Å². The monoisotopic (exact) mass is 257 g/mol. The van der Waals surface area contributed by atoms with Crippen molar-refractivity contribution in [3.8, 4) is 5.88 Å². The number of amidine groups is 1. The van der Waals surface area contributed by atoms with Crippen LogP contribution in [0.3, 0.4) is 0 Å². The van der Waals surface area contributed by atoms with Crippen molar-refractivity contribution in [2.24, 2.45) is 5.73 Å². The van der Waals surface area contributed by atoms with Crippen molar-refractivity contribution in [3.05, 3.63) is 23.9 Å². The molecule has 0 spiro atoms. The van der Waals surface area contributed by atoms with Gasteiger partial charge in [0.15, 0.2) is 0 Å². The number of nitrogens with zero attached hydrogens (tertiary/aromatic N) is 1. The maximum atomic E-state index is 7.22. The highest BCUT2D eigenvalue weighted by Crippen LogP contribution is 2.08. The molecular weight excluding hydrogens is 238 g/mol. The predicted molar refractivity (Wildman–Crippen MR) is 72.1 cm³/mol. The molecule has 1 rings (SSSR count). The highest BCUT2D eigenvalue weighted by atomic mass is 35.5. The minimum absolute atomic E-state index is 0. The van der Waals surface area contributed by atoms with E-state index in [9.17, 15) is 0 Å². The van der Waals surface area contributed by atoms with Crippen LogP contribution in [0.1, 0.15) is 38.2 Å². The molecule has 0 atom stereocenters. The Kier molecular flexibility index (Phi) is 8.15. The zero-order valence-corrected chi connectivity index (χ0v) is 10.9. The first-order valence-corrected chi connectivity index (χ1v) is 5.67. The summed E-state index contributed by atoms with van der Waals surface area (Å²) in [6.45, 7) is 2.88. The van der Waals surface area contributed by atoms with Gasteiger partial charge in [0.25, 0.3) is 0 Å². The third kappa shape index (κ3) is 6.12. The maximum absolute atomic E-state index is 7.22. The number of halogens is 1. The lowest BCUT2D eigenvalue weighted by Crippen LogP contribution is -2.11.